The van der Waals surface area contributed by atoms with Gasteiger partial charge in [-0.1, -0.05) is 42.5 Å². The van der Waals surface area contributed by atoms with Gasteiger partial charge in [-0.15, -0.1) is 0 Å². The maximum absolute atomic E-state index is 12.4. The van der Waals surface area contributed by atoms with Crippen molar-refractivity contribution >= 4 is 34.6 Å². The van der Waals surface area contributed by atoms with Gasteiger partial charge in [0.25, 0.3) is 5.69 Å². The number of non-ortho nitro benzene ring substituents is 1. The summed E-state index contributed by atoms with van der Waals surface area (Å²) in [6.07, 6.45) is 1.63. The Kier molecular flexibility index (Phi) is 7.30. The molecule has 1 N–H and O–H groups in total. The molecule has 0 heterocycles. The lowest BCUT2D eigenvalue weighted by atomic mass is 10.0. The van der Waals surface area contributed by atoms with Gasteiger partial charge in [0.2, 0.25) is 5.91 Å². The van der Waals surface area contributed by atoms with Gasteiger partial charge in [-0.2, -0.15) is 5.10 Å². The first-order valence-corrected chi connectivity index (χ1v) is 10.9. The maximum atomic E-state index is 12.4. The monoisotopic (exact) mass is 483 g/mol. The Morgan fingerprint density at radius 2 is 1.72 bits per heavy atom. The molecule has 0 aliphatic heterocycles. The lowest BCUT2D eigenvalue weighted by Crippen LogP contribution is -2.19. The molecule has 1 amide bonds. The number of rotatable bonds is 8. The van der Waals surface area contributed by atoms with Crippen LogP contribution in [0.2, 0.25) is 0 Å². The van der Waals surface area contributed by atoms with Gasteiger partial charge in [-0.05, 0) is 52.2 Å². The third kappa shape index (κ3) is 5.71. The summed E-state index contributed by atoms with van der Waals surface area (Å²) in [4.78, 5) is 35.0. The molecule has 4 rings (SSSR count). The van der Waals surface area contributed by atoms with E-state index in [0.29, 0.717) is 5.56 Å². The minimum atomic E-state index is -0.690. The summed E-state index contributed by atoms with van der Waals surface area (Å²) in [6, 6.07) is 23.5. The maximum Gasteiger partial charge on any atom is 0.343 e. The number of hydrazone groups is 1. The van der Waals surface area contributed by atoms with Gasteiger partial charge in [-0.3, -0.25) is 14.9 Å². The second-order valence-corrected chi connectivity index (χ2v) is 7.71. The van der Waals surface area contributed by atoms with Crippen LogP contribution in [0.3, 0.4) is 0 Å². The number of nitro benzene ring substituents is 1. The smallest absolute Gasteiger partial charge is 0.343 e. The van der Waals surface area contributed by atoms with E-state index in [1.54, 1.807) is 12.1 Å². The molecule has 9 nitrogen and oxygen atoms in total. The molecule has 9 heteroatoms. The van der Waals surface area contributed by atoms with Gasteiger partial charge in [0.1, 0.15) is 0 Å². The molecule has 0 fully saturated rings. The molecule has 0 aliphatic carbocycles. The minimum Gasteiger partial charge on any atom is -0.493 e. The molecule has 0 aromatic heterocycles. The van der Waals surface area contributed by atoms with Crippen molar-refractivity contribution in [2.45, 2.75) is 6.42 Å². The molecule has 180 valence electrons. The topological polar surface area (TPSA) is 120 Å². The molecule has 0 aliphatic rings. The Balaban J connectivity index is 1.39. The van der Waals surface area contributed by atoms with Gasteiger partial charge in [0.15, 0.2) is 11.5 Å². The second kappa shape index (κ2) is 10.9. The van der Waals surface area contributed by atoms with Crippen molar-refractivity contribution in [1.82, 2.24) is 5.43 Å². The molecule has 0 saturated heterocycles. The van der Waals surface area contributed by atoms with E-state index in [1.165, 1.54) is 43.7 Å². The summed E-state index contributed by atoms with van der Waals surface area (Å²) in [5.41, 5.74) is 4.05. The van der Waals surface area contributed by atoms with E-state index < -0.39 is 10.9 Å². The Labute approximate surface area is 206 Å². The summed E-state index contributed by atoms with van der Waals surface area (Å²) in [6.45, 7) is 0. The summed E-state index contributed by atoms with van der Waals surface area (Å²) in [5, 5.41) is 16.9. The van der Waals surface area contributed by atoms with E-state index in [4.69, 9.17) is 9.47 Å². The number of carbonyl (C=O) groups excluding carboxylic acids is 2. The number of fused-ring (bicyclic) bond motifs is 1. The third-order valence-corrected chi connectivity index (χ3v) is 5.34. The van der Waals surface area contributed by atoms with Crippen molar-refractivity contribution in [3.63, 3.8) is 0 Å². The van der Waals surface area contributed by atoms with E-state index in [2.05, 4.69) is 10.5 Å². The molecule has 0 radical (unpaired) electrons. The normalized spacial score (nSPS) is 10.8. The van der Waals surface area contributed by atoms with Crippen LogP contribution in [0.25, 0.3) is 10.8 Å². The number of benzene rings is 4. The molecular weight excluding hydrogens is 462 g/mol. The van der Waals surface area contributed by atoms with Gasteiger partial charge in [-0.25, -0.2) is 10.2 Å². The summed E-state index contributed by atoms with van der Waals surface area (Å²) < 4.78 is 10.7. The first kappa shape index (κ1) is 24.1. The van der Waals surface area contributed by atoms with Crippen LogP contribution in [0.1, 0.15) is 21.5 Å². The van der Waals surface area contributed by atoms with Crippen LogP contribution < -0.4 is 14.9 Å². The Morgan fingerprint density at radius 1 is 0.972 bits per heavy atom. The predicted octanol–water partition coefficient (Wildman–Crippen LogP) is 4.67. The SMILES string of the molecule is COc1cc(/C=N/NC(=O)Cc2cccc3ccccc23)ccc1OC(=O)c1ccc([N+](=O)[O-])cc1. The number of methoxy groups -OCH3 is 1. The number of hydrogen-bond donors (Lipinski definition) is 1. The molecular formula is C27H21N3O6. The van der Waals surface area contributed by atoms with Crippen molar-refractivity contribution in [2.24, 2.45) is 5.10 Å². The highest BCUT2D eigenvalue weighted by molar-refractivity contribution is 5.92. The average Bonchev–Trinajstić information content (AvgIpc) is 2.89. The predicted molar refractivity (Wildman–Crippen MR) is 134 cm³/mol. The quantitative estimate of drug-likeness (QED) is 0.128. The van der Waals surface area contributed by atoms with Crippen molar-refractivity contribution < 1.29 is 24.0 Å². The zero-order chi connectivity index (χ0) is 25.5. The van der Waals surface area contributed by atoms with Gasteiger partial charge < -0.3 is 9.47 Å². The van der Waals surface area contributed by atoms with Crippen LogP contribution in [-0.2, 0) is 11.2 Å². The zero-order valence-corrected chi connectivity index (χ0v) is 19.2. The van der Waals surface area contributed by atoms with Crippen LogP contribution >= 0.6 is 0 Å². The van der Waals surface area contributed by atoms with Crippen molar-refractivity contribution in [1.29, 1.82) is 0 Å². The zero-order valence-electron chi connectivity index (χ0n) is 19.2. The molecule has 4 aromatic rings. The number of amides is 1. The van der Waals surface area contributed by atoms with Gasteiger partial charge >= 0.3 is 5.97 Å². The Morgan fingerprint density at radius 3 is 2.47 bits per heavy atom. The van der Waals surface area contributed by atoms with Crippen LogP contribution in [0.4, 0.5) is 5.69 Å². The van der Waals surface area contributed by atoms with E-state index >= 15 is 0 Å². The first-order chi connectivity index (χ1) is 17.4. The summed E-state index contributed by atoms with van der Waals surface area (Å²) in [5.74, 6) is -0.511. The molecule has 0 unspecified atom stereocenters. The lowest BCUT2D eigenvalue weighted by molar-refractivity contribution is -0.384. The highest BCUT2D eigenvalue weighted by Gasteiger charge is 2.14. The third-order valence-electron chi connectivity index (χ3n) is 5.34. The number of ether oxygens (including phenoxy) is 2. The number of carbonyl (C=O) groups is 2. The van der Waals surface area contributed by atoms with Crippen LogP contribution in [0.15, 0.2) is 90.0 Å². The minimum absolute atomic E-state index is 0.128. The Bertz CT molecular complexity index is 1460. The molecule has 0 saturated carbocycles. The average molecular weight is 483 g/mol. The van der Waals surface area contributed by atoms with Crippen molar-refractivity contribution in [3.05, 3.63) is 112 Å². The lowest BCUT2D eigenvalue weighted by Gasteiger charge is -2.10. The number of nitrogens with zero attached hydrogens (tertiary/aromatic N) is 2. The van der Waals surface area contributed by atoms with E-state index in [9.17, 15) is 19.7 Å². The standard InChI is InChI=1S/C27H21N3O6/c1-35-25-15-18(9-14-24(25)36-27(32)20-10-12-22(13-11-20)30(33)34)17-28-29-26(31)16-21-7-4-6-19-5-2-3-8-23(19)21/h2-15,17H,16H2,1H3,(H,29,31)/b28-17+. The van der Waals surface area contributed by atoms with Crippen LogP contribution in [-0.4, -0.2) is 30.1 Å². The number of hydrogen-bond acceptors (Lipinski definition) is 7. The molecule has 0 bridgehead atoms. The van der Waals surface area contributed by atoms with E-state index in [-0.39, 0.29) is 35.1 Å². The largest absolute Gasteiger partial charge is 0.493 e. The number of esters is 1. The fraction of sp³-hybridized carbons (Fsp3) is 0.0741. The van der Waals surface area contributed by atoms with Crippen LogP contribution in [0.5, 0.6) is 11.5 Å². The van der Waals surface area contributed by atoms with Gasteiger partial charge in [0, 0.05) is 12.1 Å². The van der Waals surface area contributed by atoms with E-state index in [0.717, 1.165) is 16.3 Å². The molecule has 36 heavy (non-hydrogen) atoms. The van der Waals surface area contributed by atoms with E-state index in [1.807, 2.05) is 42.5 Å². The molecule has 0 spiro atoms. The van der Waals surface area contributed by atoms with Crippen LogP contribution in [0, 0.1) is 10.1 Å². The Hall–Kier alpha value is -5.05. The number of nitro groups is 1. The summed E-state index contributed by atoms with van der Waals surface area (Å²) >= 11 is 0. The first-order valence-electron chi connectivity index (χ1n) is 10.9. The fourth-order valence-corrected chi connectivity index (χ4v) is 3.56. The highest BCUT2D eigenvalue weighted by Crippen LogP contribution is 2.28. The number of nitrogens with one attached hydrogen (secondary N) is 1. The van der Waals surface area contributed by atoms with Gasteiger partial charge in [0.05, 0.1) is 30.2 Å². The highest BCUT2D eigenvalue weighted by atomic mass is 16.6. The summed E-state index contributed by atoms with van der Waals surface area (Å²) in [7, 11) is 1.42. The fourth-order valence-electron chi connectivity index (χ4n) is 3.56. The van der Waals surface area contributed by atoms with Crippen molar-refractivity contribution in [2.75, 3.05) is 7.11 Å². The molecule has 0 atom stereocenters. The molecule has 4 aromatic carbocycles. The second-order valence-electron chi connectivity index (χ2n) is 7.71. The van der Waals surface area contributed by atoms with Crippen molar-refractivity contribution in [3.8, 4) is 11.5 Å².